The smallest absolute Gasteiger partial charge is 0.407 e. The molecule has 1 saturated carbocycles. The highest BCUT2D eigenvalue weighted by Crippen LogP contribution is 2.40. The molecule has 72 valence electrons. The molecule has 0 spiro atoms. The lowest BCUT2D eigenvalue weighted by atomic mass is 10.0. The van der Waals surface area contributed by atoms with Gasteiger partial charge in [-0.05, 0) is 24.7 Å². The van der Waals surface area contributed by atoms with E-state index in [4.69, 9.17) is 5.11 Å². The van der Waals surface area contributed by atoms with Crippen LogP contribution in [-0.2, 0) is 4.79 Å². The molecule has 0 radical (unpaired) electrons. The van der Waals surface area contributed by atoms with Crippen LogP contribution < -0.4 is 0 Å². The van der Waals surface area contributed by atoms with E-state index in [1.807, 2.05) is 0 Å². The second-order valence-corrected chi connectivity index (χ2v) is 4.08. The van der Waals surface area contributed by atoms with E-state index in [2.05, 4.69) is 0 Å². The zero-order valence-corrected chi connectivity index (χ0v) is 7.35. The van der Waals surface area contributed by atoms with Crippen LogP contribution in [0.2, 0.25) is 0 Å². The van der Waals surface area contributed by atoms with E-state index in [1.54, 1.807) is 0 Å². The van der Waals surface area contributed by atoms with Crippen LogP contribution in [0.25, 0.3) is 0 Å². The number of likely N-dealkylation sites (tertiary alicyclic amines) is 1. The molecule has 1 aliphatic carbocycles. The minimum atomic E-state index is -0.822. The number of hydrogen-bond donors (Lipinski definition) is 1. The van der Waals surface area contributed by atoms with Gasteiger partial charge in [-0.2, -0.15) is 0 Å². The Balaban J connectivity index is 1.96. The summed E-state index contributed by atoms with van der Waals surface area (Å²) < 4.78 is 0. The van der Waals surface area contributed by atoms with E-state index in [-0.39, 0.29) is 5.92 Å². The molecule has 1 saturated heterocycles. The number of aldehydes is 1. The van der Waals surface area contributed by atoms with E-state index >= 15 is 0 Å². The van der Waals surface area contributed by atoms with Crippen LogP contribution in [0.5, 0.6) is 0 Å². The molecule has 0 aromatic heterocycles. The van der Waals surface area contributed by atoms with Crippen LogP contribution in [0.3, 0.4) is 0 Å². The molecule has 0 bridgehead atoms. The first-order chi connectivity index (χ1) is 6.20. The fourth-order valence-electron chi connectivity index (χ4n) is 2.61. The summed E-state index contributed by atoms with van der Waals surface area (Å²) in [7, 11) is 0. The topological polar surface area (TPSA) is 57.6 Å². The SMILES string of the molecule is O=CC1C[C@@H]2CN(C(=O)O)C[C@@H]2C1. The molecule has 3 atom stereocenters. The molecule has 1 unspecified atom stereocenters. The van der Waals surface area contributed by atoms with Crippen molar-refractivity contribution >= 4 is 12.4 Å². The van der Waals surface area contributed by atoms with Crippen molar-refractivity contribution in [1.29, 1.82) is 0 Å². The Kier molecular flexibility index (Phi) is 1.98. The van der Waals surface area contributed by atoms with Crippen molar-refractivity contribution < 1.29 is 14.7 Å². The van der Waals surface area contributed by atoms with Gasteiger partial charge in [-0.15, -0.1) is 0 Å². The van der Waals surface area contributed by atoms with Gasteiger partial charge in [-0.1, -0.05) is 0 Å². The third-order valence-electron chi connectivity index (χ3n) is 3.25. The highest BCUT2D eigenvalue weighted by atomic mass is 16.4. The normalized spacial score (nSPS) is 37.5. The summed E-state index contributed by atoms with van der Waals surface area (Å²) in [5.74, 6) is 1.06. The lowest BCUT2D eigenvalue weighted by molar-refractivity contribution is -0.111. The first-order valence-corrected chi connectivity index (χ1v) is 4.64. The Labute approximate surface area is 76.5 Å². The van der Waals surface area contributed by atoms with Gasteiger partial charge in [0.15, 0.2) is 0 Å². The summed E-state index contributed by atoms with van der Waals surface area (Å²) in [4.78, 5) is 22.6. The third-order valence-corrected chi connectivity index (χ3v) is 3.25. The van der Waals surface area contributed by atoms with Crippen LogP contribution in [0.4, 0.5) is 4.79 Å². The monoisotopic (exact) mass is 183 g/mol. The summed E-state index contributed by atoms with van der Waals surface area (Å²) >= 11 is 0. The molecule has 1 amide bonds. The first-order valence-electron chi connectivity index (χ1n) is 4.64. The van der Waals surface area contributed by atoms with Gasteiger partial charge in [0.25, 0.3) is 0 Å². The first kappa shape index (κ1) is 8.53. The Morgan fingerprint density at radius 2 is 1.85 bits per heavy atom. The summed E-state index contributed by atoms with van der Waals surface area (Å²) in [5.41, 5.74) is 0. The predicted octanol–water partition coefficient (Wildman–Crippen LogP) is 0.821. The maximum absolute atomic E-state index is 10.6. The highest BCUT2D eigenvalue weighted by molar-refractivity contribution is 5.65. The van der Waals surface area contributed by atoms with Gasteiger partial charge in [-0.3, -0.25) is 0 Å². The molecule has 2 aliphatic rings. The van der Waals surface area contributed by atoms with E-state index in [1.165, 1.54) is 4.90 Å². The third kappa shape index (κ3) is 1.41. The Morgan fingerprint density at radius 1 is 1.31 bits per heavy atom. The quantitative estimate of drug-likeness (QED) is 0.612. The molecule has 1 heterocycles. The Morgan fingerprint density at radius 3 is 2.23 bits per heavy atom. The van der Waals surface area contributed by atoms with Crippen molar-refractivity contribution in [1.82, 2.24) is 4.90 Å². The number of carbonyl (C=O) groups excluding carboxylic acids is 1. The number of nitrogens with zero attached hydrogens (tertiary/aromatic N) is 1. The Bertz CT molecular complexity index is 227. The lowest BCUT2D eigenvalue weighted by Crippen LogP contribution is -2.28. The van der Waals surface area contributed by atoms with Gasteiger partial charge >= 0.3 is 6.09 Å². The summed E-state index contributed by atoms with van der Waals surface area (Å²) in [5, 5.41) is 8.75. The molecule has 2 rings (SSSR count). The highest BCUT2D eigenvalue weighted by Gasteiger charge is 2.42. The minimum absolute atomic E-state index is 0.186. The van der Waals surface area contributed by atoms with Crippen molar-refractivity contribution in [3.8, 4) is 0 Å². The number of fused-ring (bicyclic) bond motifs is 1. The van der Waals surface area contributed by atoms with Gasteiger partial charge in [-0.25, -0.2) is 4.79 Å². The number of carboxylic acid groups (broad SMARTS) is 1. The number of hydrogen-bond acceptors (Lipinski definition) is 2. The van der Waals surface area contributed by atoms with Gasteiger partial charge in [0.05, 0.1) is 0 Å². The predicted molar refractivity (Wildman–Crippen MR) is 45.4 cm³/mol. The molecule has 0 aromatic rings. The van der Waals surface area contributed by atoms with Crippen LogP contribution in [0.15, 0.2) is 0 Å². The van der Waals surface area contributed by atoms with Crippen molar-refractivity contribution in [3.63, 3.8) is 0 Å². The summed E-state index contributed by atoms with van der Waals surface area (Å²) in [6.07, 6.45) is 1.97. The van der Waals surface area contributed by atoms with Crippen LogP contribution in [-0.4, -0.2) is 35.5 Å². The van der Waals surface area contributed by atoms with Gasteiger partial charge in [0.2, 0.25) is 0 Å². The zero-order valence-electron chi connectivity index (χ0n) is 7.35. The van der Waals surface area contributed by atoms with Crippen molar-refractivity contribution in [2.75, 3.05) is 13.1 Å². The van der Waals surface area contributed by atoms with Gasteiger partial charge in [0, 0.05) is 19.0 Å². The second-order valence-electron chi connectivity index (χ2n) is 4.08. The van der Waals surface area contributed by atoms with E-state index in [0.29, 0.717) is 24.9 Å². The molecular weight excluding hydrogens is 170 g/mol. The number of amides is 1. The summed E-state index contributed by atoms with van der Waals surface area (Å²) in [6.45, 7) is 1.26. The molecular formula is C9H13NO3. The average molecular weight is 183 g/mol. The zero-order chi connectivity index (χ0) is 9.42. The van der Waals surface area contributed by atoms with Crippen molar-refractivity contribution in [2.45, 2.75) is 12.8 Å². The lowest BCUT2D eigenvalue weighted by Gasteiger charge is -2.13. The maximum atomic E-state index is 10.6. The fraction of sp³-hybridized carbons (Fsp3) is 0.778. The van der Waals surface area contributed by atoms with E-state index in [0.717, 1.165) is 19.1 Å². The molecule has 2 fully saturated rings. The standard InChI is InChI=1S/C9H13NO3/c11-5-6-1-7-3-10(9(12)13)4-8(7)2-6/h5-8H,1-4H2,(H,12,13)/t6?,7-,8+. The van der Waals surface area contributed by atoms with E-state index < -0.39 is 6.09 Å². The largest absolute Gasteiger partial charge is 0.465 e. The van der Waals surface area contributed by atoms with Gasteiger partial charge < -0.3 is 14.8 Å². The van der Waals surface area contributed by atoms with Crippen LogP contribution in [0.1, 0.15) is 12.8 Å². The minimum Gasteiger partial charge on any atom is -0.465 e. The second kappa shape index (κ2) is 3.01. The van der Waals surface area contributed by atoms with Crippen LogP contribution in [0, 0.1) is 17.8 Å². The van der Waals surface area contributed by atoms with Gasteiger partial charge in [0.1, 0.15) is 6.29 Å². The molecule has 1 aliphatic heterocycles. The Hall–Kier alpha value is -1.06. The molecule has 0 aromatic carbocycles. The average Bonchev–Trinajstić information content (AvgIpc) is 2.58. The van der Waals surface area contributed by atoms with Crippen molar-refractivity contribution in [2.24, 2.45) is 17.8 Å². The van der Waals surface area contributed by atoms with E-state index in [9.17, 15) is 9.59 Å². The molecule has 13 heavy (non-hydrogen) atoms. The summed E-state index contributed by atoms with van der Waals surface area (Å²) in [6, 6.07) is 0. The fourth-order valence-corrected chi connectivity index (χ4v) is 2.61. The van der Waals surface area contributed by atoms with Crippen molar-refractivity contribution in [3.05, 3.63) is 0 Å². The maximum Gasteiger partial charge on any atom is 0.407 e. The molecule has 1 N–H and O–H groups in total. The molecule has 4 heteroatoms. The number of carbonyl (C=O) groups is 2. The molecule has 4 nitrogen and oxygen atoms in total. The van der Waals surface area contributed by atoms with Crippen LogP contribution >= 0.6 is 0 Å². The number of rotatable bonds is 1.